The van der Waals surface area contributed by atoms with Crippen LogP contribution in [0.25, 0.3) is 0 Å². The Bertz CT molecular complexity index is 130. The highest BCUT2D eigenvalue weighted by Gasteiger charge is 2.23. The van der Waals surface area contributed by atoms with Crippen molar-refractivity contribution in [3.05, 3.63) is 0 Å². The van der Waals surface area contributed by atoms with Crippen LogP contribution >= 0.6 is 0 Å². The van der Waals surface area contributed by atoms with Gasteiger partial charge in [-0.05, 0) is 19.9 Å². The van der Waals surface area contributed by atoms with Crippen molar-refractivity contribution in [2.45, 2.75) is 25.7 Å². The van der Waals surface area contributed by atoms with E-state index >= 15 is 0 Å². The van der Waals surface area contributed by atoms with Crippen LogP contribution in [0.4, 0.5) is 0 Å². The quantitative estimate of drug-likeness (QED) is 0.488. The van der Waals surface area contributed by atoms with E-state index in [1.165, 1.54) is 12.8 Å². The molecule has 0 aromatic carbocycles. The summed E-state index contributed by atoms with van der Waals surface area (Å²) in [7, 11) is 1.77. The lowest BCUT2D eigenvalue weighted by Gasteiger charge is -2.07. The fraction of sp³-hybridized carbons (Fsp3) is 0.875. The zero-order valence-corrected chi connectivity index (χ0v) is 6.93. The molecule has 1 N–H and O–H groups in total. The second kappa shape index (κ2) is 4.34. The Morgan fingerprint density at radius 2 is 2.18 bits per heavy atom. The van der Waals surface area contributed by atoms with Gasteiger partial charge in [0.15, 0.2) is 0 Å². The lowest BCUT2D eigenvalue weighted by atomic mass is 10.1. The molecule has 11 heavy (non-hydrogen) atoms. The molecule has 0 heterocycles. The zero-order valence-electron chi connectivity index (χ0n) is 6.93. The van der Waals surface area contributed by atoms with Gasteiger partial charge in [0.05, 0.1) is 5.92 Å². The van der Waals surface area contributed by atoms with Crippen LogP contribution in [-0.4, -0.2) is 19.7 Å². The van der Waals surface area contributed by atoms with Gasteiger partial charge in [0.2, 0.25) is 0 Å². The normalized spacial score (nSPS) is 18.6. The number of esters is 1. The van der Waals surface area contributed by atoms with Crippen molar-refractivity contribution < 1.29 is 9.53 Å². The van der Waals surface area contributed by atoms with Crippen LogP contribution in [0.2, 0.25) is 0 Å². The van der Waals surface area contributed by atoms with Gasteiger partial charge in [0, 0.05) is 0 Å². The molecule has 3 heteroatoms. The van der Waals surface area contributed by atoms with Crippen LogP contribution in [-0.2, 0) is 9.53 Å². The molecule has 0 spiro atoms. The Balaban J connectivity index is 2.17. The first-order valence-electron chi connectivity index (χ1n) is 4.16. The van der Waals surface area contributed by atoms with Gasteiger partial charge in [0.25, 0.3) is 0 Å². The number of carbonyl (C=O) groups is 1. The number of hydrogen-bond acceptors (Lipinski definition) is 3. The molecule has 64 valence electrons. The number of nitrogens with one attached hydrogen (secondary N) is 1. The fourth-order valence-electron chi connectivity index (χ4n) is 1.42. The third-order valence-electron chi connectivity index (χ3n) is 2.05. The molecule has 0 aromatic heterocycles. The van der Waals surface area contributed by atoms with Gasteiger partial charge in [-0.25, -0.2) is 0 Å². The molecule has 1 aliphatic rings. The highest BCUT2D eigenvalue weighted by Crippen LogP contribution is 2.25. The summed E-state index contributed by atoms with van der Waals surface area (Å²) in [6.45, 7) is 0.343. The maximum atomic E-state index is 11.1. The second-order valence-electron chi connectivity index (χ2n) is 2.94. The molecule has 0 amide bonds. The Hall–Kier alpha value is -0.570. The summed E-state index contributed by atoms with van der Waals surface area (Å²) >= 11 is 0. The van der Waals surface area contributed by atoms with Gasteiger partial charge in [-0.3, -0.25) is 10.1 Å². The molecule has 1 aliphatic carbocycles. The first kappa shape index (κ1) is 8.53. The topological polar surface area (TPSA) is 38.3 Å². The van der Waals surface area contributed by atoms with Crippen molar-refractivity contribution in [3.63, 3.8) is 0 Å². The van der Waals surface area contributed by atoms with Gasteiger partial charge >= 0.3 is 5.97 Å². The number of hydrogen-bond donors (Lipinski definition) is 1. The zero-order chi connectivity index (χ0) is 8.10. The predicted molar refractivity (Wildman–Crippen MR) is 42.0 cm³/mol. The summed E-state index contributed by atoms with van der Waals surface area (Å²) in [4.78, 5) is 11.1. The first-order chi connectivity index (χ1) is 5.34. The molecule has 0 atom stereocenters. The highest BCUT2D eigenvalue weighted by molar-refractivity contribution is 5.72. The van der Waals surface area contributed by atoms with E-state index in [9.17, 15) is 4.79 Å². The van der Waals surface area contributed by atoms with Crippen molar-refractivity contribution in [1.29, 1.82) is 0 Å². The van der Waals surface area contributed by atoms with Gasteiger partial charge in [0.1, 0.15) is 6.73 Å². The van der Waals surface area contributed by atoms with Crippen molar-refractivity contribution in [3.8, 4) is 0 Å². The maximum absolute atomic E-state index is 11.1. The Morgan fingerprint density at radius 1 is 1.55 bits per heavy atom. The first-order valence-corrected chi connectivity index (χ1v) is 4.16. The van der Waals surface area contributed by atoms with Crippen molar-refractivity contribution in [2.24, 2.45) is 5.92 Å². The summed E-state index contributed by atoms with van der Waals surface area (Å²) in [5.41, 5.74) is 0. The van der Waals surface area contributed by atoms with E-state index in [1.54, 1.807) is 7.05 Å². The van der Waals surface area contributed by atoms with E-state index in [1.807, 2.05) is 0 Å². The summed E-state index contributed by atoms with van der Waals surface area (Å²) in [6, 6.07) is 0. The molecule has 1 rings (SSSR count). The average Bonchev–Trinajstić information content (AvgIpc) is 2.52. The summed E-state index contributed by atoms with van der Waals surface area (Å²) in [6.07, 6.45) is 4.39. The molecule has 0 bridgehead atoms. The largest absolute Gasteiger partial charge is 0.450 e. The molecule has 0 aromatic rings. The lowest BCUT2D eigenvalue weighted by molar-refractivity contribution is -0.148. The minimum absolute atomic E-state index is 0.0307. The minimum atomic E-state index is -0.0307. The molecule has 0 aliphatic heterocycles. The van der Waals surface area contributed by atoms with E-state index in [0.29, 0.717) is 6.73 Å². The summed E-state index contributed by atoms with van der Waals surface area (Å²) < 4.78 is 4.93. The van der Waals surface area contributed by atoms with E-state index in [-0.39, 0.29) is 11.9 Å². The molecular formula is C8H15NO2. The molecule has 0 unspecified atom stereocenters. The van der Waals surface area contributed by atoms with Crippen molar-refractivity contribution >= 4 is 5.97 Å². The van der Waals surface area contributed by atoms with Gasteiger partial charge in [-0.1, -0.05) is 12.8 Å². The predicted octanol–water partition coefficient (Wildman–Crippen LogP) is 0.897. The highest BCUT2D eigenvalue weighted by atomic mass is 16.5. The van der Waals surface area contributed by atoms with Crippen LogP contribution in [0.3, 0.4) is 0 Å². The maximum Gasteiger partial charge on any atom is 0.310 e. The molecule has 1 saturated carbocycles. The molecular weight excluding hydrogens is 142 g/mol. The SMILES string of the molecule is CNCOC(=O)C1CCCC1. The smallest absolute Gasteiger partial charge is 0.310 e. The molecule has 3 nitrogen and oxygen atoms in total. The van der Waals surface area contributed by atoms with Crippen molar-refractivity contribution in [1.82, 2.24) is 5.32 Å². The van der Waals surface area contributed by atoms with Gasteiger partial charge in [-0.2, -0.15) is 0 Å². The number of carbonyl (C=O) groups excluding carboxylic acids is 1. The van der Waals surface area contributed by atoms with Crippen LogP contribution in [0.5, 0.6) is 0 Å². The van der Waals surface area contributed by atoms with Gasteiger partial charge < -0.3 is 4.74 Å². The van der Waals surface area contributed by atoms with E-state index < -0.39 is 0 Å². The van der Waals surface area contributed by atoms with E-state index in [0.717, 1.165) is 12.8 Å². The second-order valence-corrected chi connectivity index (χ2v) is 2.94. The number of rotatable bonds is 3. The van der Waals surface area contributed by atoms with Gasteiger partial charge in [-0.15, -0.1) is 0 Å². The standard InChI is InChI=1S/C8H15NO2/c1-9-6-11-8(10)7-4-2-3-5-7/h7,9H,2-6H2,1H3. The van der Waals surface area contributed by atoms with Crippen molar-refractivity contribution in [2.75, 3.05) is 13.8 Å². The molecule has 0 saturated heterocycles. The molecule has 1 fully saturated rings. The Morgan fingerprint density at radius 3 is 2.73 bits per heavy atom. The Labute approximate surface area is 67.1 Å². The average molecular weight is 157 g/mol. The van der Waals surface area contributed by atoms with E-state index in [2.05, 4.69) is 5.32 Å². The van der Waals surface area contributed by atoms with Crippen LogP contribution in [0.15, 0.2) is 0 Å². The van der Waals surface area contributed by atoms with E-state index in [4.69, 9.17) is 4.74 Å². The third kappa shape index (κ3) is 2.50. The summed E-state index contributed by atoms with van der Waals surface area (Å²) in [5.74, 6) is 0.153. The Kier molecular flexibility index (Phi) is 3.36. The molecule has 0 radical (unpaired) electrons. The van der Waals surface area contributed by atoms with Crippen LogP contribution in [0.1, 0.15) is 25.7 Å². The van der Waals surface area contributed by atoms with Crippen LogP contribution < -0.4 is 5.32 Å². The summed E-state index contributed by atoms with van der Waals surface area (Å²) in [5, 5.41) is 2.78. The monoisotopic (exact) mass is 157 g/mol. The third-order valence-corrected chi connectivity index (χ3v) is 2.05. The fourth-order valence-corrected chi connectivity index (χ4v) is 1.42. The number of ether oxygens (including phenoxy) is 1. The van der Waals surface area contributed by atoms with Crippen LogP contribution in [0, 0.1) is 5.92 Å². The minimum Gasteiger partial charge on any atom is -0.450 e. The lowest BCUT2D eigenvalue weighted by Crippen LogP contribution is -2.21.